The molecule has 226 valence electrons. The van der Waals surface area contributed by atoms with E-state index in [0.717, 1.165) is 17.7 Å². The molecule has 3 rings (SSSR count). The molecule has 2 N–H and O–H groups in total. The van der Waals surface area contributed by atoms with Crippen LogP contribution >= 0.6 is 11.6 Å². The van der Waals surface area contributed by atoms with Gasteiger partial charge in [-0.05, 0) is 93.4 Å². The maximum atomic E-state index is 13.3. The van der Waals surface area contributed by atoms with Gasteiger partial charge in [0.2, 0.25) is 5.91 Å². The van der Waals surface area contributed by atoms with Gasteiger partial charge in [-0.1, -0.05) is 23.7 Å². The van der Waals surface area contributed by atoms with Crippen LogP contribution in [0.15, 0.2) is 77.7 Å². The highest BCUT2D eigenvalue weighted by Crippen LogP contribution is 2.20. The molecule has 3 aromatic carbocycles. The van der Waals surface area contributed by atoms with Crippen LogP contribution < -0.4 is 14.8 Å². The predicted molar refractivity (Wildman–Crippen MR) is 159 cm³/mol. The Kier molecular flexibility index (Phi) is 12.1. The zero-order chi connectivity index (χ0) is 30.7. The molecule has 0 unspecified atom stereocenters. The quantitative estimate of drug-likeness (QED) is 0.231. The van der Waals surface area contributed by atoms with Gasteiger partial charge < -0.3 is 19.7 Å². The Morgan fingerprint density at radius 3 is 2.21 bits per heavy atom. The molecule has 0 aliphatic heterocycles. The van der Waals surface area contributed by atoms with E-state index in [2.05, 4.69) is 10.0 Å². The van der Waals surface area contributed by atoms with Crippen molar-refractivity contribution in [3.8, 4) is 5.75 Å². The second kappa shape index (κ2) is 15.5. The molecular weight excluding hydrogens is 585 g/mol. The summed E-state index contributed by atoms with van der Waals surface area (Å²) in [6, 6.07) is 16.6. The van der Waals surface area contributed by atoms with Crippen LogP contribution in [0.2, 0.25) is 5.02 Å². The monoisotopic (exact) mass is 619 g/mol. The first-order valence-corrected chi connectivity index (χ1v) is 15.2. The van der Waals surface area contributed by atoms with E-state index in [1.54, 1.807) is 31.2 Å². The Labute approximate surface area is 251 Å². The molecule has 0 saturated carbocycles. The summed E-state index contributed by atoms with van der Waals surface area (Å²) in [6.45, 7) is 6.20. The number of nitrogens with zero attached hydrogens (tertiary/aromatic N) is 1. The fraction of sp³-hybridized carbons (Fsp3) is 0.333. The zero-order valence-electron chi connectivity index (χ0n) is 23.7. The number of hydrogen-bond acceptors (Lipinski definition) is 6. The Morgan fingerprint density at radius 1 is 0.952 bits per heavy atom. The van der Waals surface area contributed by atoms with E-state index in [9.17, 15) is 22.4 Å². The first-order valence-electron chi connectivity index (χ1n) is 13.4. The molecule has 42 heavy (non-hydrogen) atoms. The van der Waals surface area contributed by atoms with Crippen molar-refractivity contribution in [3.05, 3.63) is 89.2 Å². The van der Waals surface area contributed by atoms with Crippen LogP contribution in [0.4, 0.5) is 10.1 Å². The van der Waals surface area contributed by atoms with Gasteiger partial charge in [0.15, 0.2) is 6.61 Å². The summed E-state index contributed by atoms with van der Waals surface area (Å²) in [5.41, 5.74) is 0.992. The number of amides is 2. The van der Waals surface area contributed by atoms with Gasteiger partial charge in [0.05, 0.1) is 11.0 Å². The van der Waals surface area contributed by atoms with Crippen molar-refractivity contribution in [1.82, 2.24) is 10.2 Å². The molecule has 0 bridgehead atoms. The number of sulfonamides is 1. The number of hydrogen-bond donors (Lipinski definition) is 2. The zero-order valence-corrected chi connectivity index (χ0v) is 25.3. The minimum atomic E-state index is -3.93. The number of halogens is 2. The third kappa shape index (κ3) is 10.3. The number of anilines is 1. The minimum absolute atomic E-state index is 0.0426. The van der Waals surface area contributed by atoms with Crippen molar-refractivity contribution in [2.24, 2.45) is 0 Å². The van der Waals surface area contributed by atoms with E-state index >= 15 is 0 Å². The van der Waals surface area contributed by atoms with Crippen LogP contribution in [0.1, 0.15) is 32.8 Å². The maximum absolute atomic E-state index is 13.3. The van der Waals surface area contributed by atoms with Crippen molar-refractivity contribution in [2.45, 2.75) is 50.8 Å². The van der Waals surface area contributed by atoms with Gasteiger partial charge in [-0.25, -0.2) is 12.8 Å². The molecule has 0 fully saturated rings. The Hall–Kier alpha value is -3.67. The van der Waals surface area contributed by atoms with Gasteiger partial charge in [0.25, 0.3) is 15.9 Å². The molecule has 0 spiro atoms. The molecule has 9 nitrogen and oxygen atoms in total. The second-order valence-corrected chi connectivity index (χ2v) is 11.9. The van der Waals surface area contributed by atoms with Gasteiger partial charge in [0, 0.05) is 30.4 Å². The number of carbonyl (C=O) groups excluding carboxylic acids is 2. The van der Waals surface area contributed by atoms with E-state index in [4.69, 9.17) is 21.1 Å². The lowest BCUT2D eigenvalue weighted by molar-refractivity contribution is -0.142. The molecule has 12 heteroatoms. The van der Waals surface area contributed by atoms with E-state index in [1.165, 1.54) is 41.3 Å². The summed E-state index contributed by atoms with van der Waals surface area (Å²) in [6.07, 6.45) is 0.738. The van der Waals surface area contributed by atoms with E-state index in [-0.39, 0.29) is 41.5 Å². The molecule has 2 amide bonds. The Bertz CT molecular complexity index is 1420. The van der Waals surface area contributed by atoms with Crippen molar-refractivity contribution < 1.29 is 31.9 Å². The molecule has 0 radical (unpaired) electrons. The highest BCUT2D eigenvalue weighted by atomic mass is 35.5. The molecular formula is C30H35ClFN3O6S. The fourth-order valence-electron chi connectivity index (χ4n) is 3.79. The SMILES string of the molecule is CC(C)OCCCNC(=O)[C@@H](C)N(Cc1ccc(Cl)cc1)C(=O)COc1ccc(S(=O)(=O)Nc2ccc(F)cc2)cc1. The Morgan fingerprint density at radius 2 is 1.60 bits per heavy atom. The summed E-state index contributed by atoms with van der Waals surface area (Å²) >= 11 is 6.00. The average molecular weight is 620 g/mol. The lowest BCUT2D eigenvalue weighted by Gasteiger charge is -2.28. The molecule has 0 heterocycles. The van der Waals surface area contributed by atoms with Gasteiger partial charge in [-0.3, -0.25) is 14.3 Å². The summed E-state index contributed by atoms with van der Waals surface area (Å²) < 4.78 is 52.0. The molecule has 0 aliphatic carbocycles. The number of rotatable bonds is 15. The molecule has 0 aliphatic rings. The summed E-state index contributed by atoms with van der Waals surface area (Å²) in [7, 11) is -3.93. The van der Waals surface area contributed by atoms with Gasteiger partial charge in [-0.15, -0.1) is 0 Å². The van der Waals surface area contributed by atoms with Crippen molar-refractivity contribution in [2.75, 3.05) is 24.5 Å². The van der Waals surface area contributed by atoms with Crippen molar-refractivity contribution >= 4 is 39.1 Å². The predicted octanol–water partition coefficient (Wildman–Crippen LogP) is 5.01. The highest BCUT2D eigenvalue weighted by molar-refractivity contribution is 7.92. The normalized spacial score (nSPS) is 12.0. The number of carbonyl (C=O) groups is 2. The van der Waals surface area contributed by atoms with E-state index < -0.39 is 27.8 Å². The topological polar surface area (TPSA) is 114 Å². The molecule has 0 aromatic heterocycles. The van der Waals surface area contributed by atoms with Crippen molar-refractivity contribution in [3.63, 3.8) is 0 Å². The highest BCUT2D eigenvalue weighted by Gasteiger charge is 2.26. The number of ether oxygens (including phenoxy) is 2. The summed E-state index contributed by atoms with van der Waals surface area (Å²) in [5.74, 6) is -0.976. The van der Waals surface area contributed by atoms with E-state index in [1.807, 2.05) is 13.8 Å². The average Bonchev–Trinajstić information content (AvgIpc) is 2.96. The van der Waals surface area contributed by atoms with Crippen LogP contribution in [0.3, 0.4) is 0 Å². The third-order valence-electron chi connectivity index (χ3n) is 6.10. The lowest BCUT2D eigenvalue weighted by Crippen LogP contribution is -2.49. The Balaban J connectivity index is 1.63. The van der Waals surface area contributed by atoms with Crippen LogP contribution in [0, 0.1) is 5.82 Å². The summed E-state index contributed by atoms with van der Waals surface area (Å²) in [5, 5.41) is 3.39. The largest absolute Gasteiger partial charge is 0.484 e. The minimum Gasteiger partial charge on any atom is -0.484 e. The first-order chi connectivity index (χ1) is 19.9. The maximum Gasteiger partial charge on any atom is 0.261 e. The van der Waals surface area contributed by atoms with Gasteiger partial charge in [0.1, 0.15) is 17.6 Å². The second-order valence-electron chi connectivity index (χ2n) is 9.76. The fourth-order valence-corrected chi connectivity index (χ4v) is 4.98. The molecule has 1 atom stereocenters. The van der Waals surface area contributed by atoms with Crippen LogP contribution in [0.5, 0.6) is 5.75 Å². The van der Waals surface area contributed by atoms with Crippen LogP contribution in [-0.4, -0.2) is 57.0 Å². The van der Waals surface area contributed by atoms with Crippen molar-refractivity contribution in [1.29, 1.82) is 0 Å². The molecule has 0 saturated heterocycles. The smallest absolute Gasteiger partial charge is 0.261 e. The lowest BCUT2D eigenvalue weighted by atomic mass is 10.1. The third-order valence-corrected chi connectivity index (χ3v) is 7.75. The first kappa shape index (κ1) is 32.8. The number of benzene rings is 3. The summed E-state index contributed by atoms with van der Waals surface area (Å²) in [4.78, 5) is 27.5. The van der Waals surface area contributed by atoms with Crippen LogP contribution in [-0.2, 0) is 30.9 Å². The standard InChI is InChI=1S/C30H35ClFN3O6S/c1-21(2)40-18-4-17-33-30(37)22(3)35(19-23-5-7-24(31)8-6-23)29(36)20-41-27-13-15-28(16-14-27)42(38,39)34-26-11-9-25(32)10-12-26/h5-16,21-22,34H,4,17-20H2,1-3H3,(H,33,37)/t22-/m1/s1. The van der Waals surface area contributed by atoms with Gasteiger partial charge in [-0.2, -0.15) is 0 Å². The van der Waals surface area contributed by atoms with E-state index in [0.29, 0.717) is 24.6 Å². The van der Waals surface area contributed by atoms with Gasteiger partial charge >= 0.3 is 0 Å². The van der Waals surface area contributed by atoms with Crippen LogP contribution in [0.25, 0.3) is 0 Å². The number of nitrogens with one attached hydrogen (secondary N) is 2. The molecule has 3 aromatic rings.